The molecule has 0 saturated carbocycles. The van der Waals surface area contributed by atoms with Gasteiger partial charge in [-0.3, -0.25) is 4.79 Å². The summed E-state index contributed by atoms with van der Waals surface area (Å²) in [6.07, 6.45) is 6.72. The summed E-state index contributed by atoms with van der Waals surface area (Å²) in [4.78, 5) is 11.0. The number of Topliss-reactive ketones (excluding diaryl/α,β-unsaturated/α-hetero) is 1. The summed E-state index contributed by atoms with van der Waals surface area (Å²) in [6, 6.07) is 0. The number of terminal acetylenes is 1. The van der Waals surface area contributed by atoms with E-state index in [1.807, 2.05) is 0 Å². The van der Waals surface area contributed by atoms with Crippen LogP contribution in [0.25, 0.3) is 0 Å². The maximum atomic E-state index is 11.0. The van der Waals surface area contributed by atoms with Crippen molar-refractivity contribution in [1.82, 2.24) is 0 Å². The van der Waals surface area contributed by atoms with Gasteiger partial charge < -0.3 is 0 Å². The molecule has 0 aliphatic carbocycles. The molecule has 0 aromatic heterocycles. The van der Waals surface area contributed by atoms with Gasteiger partial charge in [-0.15, -0.1) is 6.42 Å². The van der Waals surface area contributed by atoms with Crippen LogP contribution in [-0.4, -0.2) is 5.78 Å². The first-order valence-electron chi connectivity index (χ1n) is 4.16. The van der Waals surface area contributed by atoms with Crippen LogP contribution in [-0.2, 0) is 4.79 Å². The summed E-state index contributed by atoms with van der Waals surface area (Å²) in [5.41, 5.74) is 2.59. The highest BCUT2D eigenvalue weighted by atomic mass is 16.1. The molecule has 0 radical (unpaired) electrons. The Kier molecular flexibility index (Phi) is 5.12. The van der Waals surface area contributed by atoms with Crippen molar-refractivity contribution in [2.75, 3.05) is 0 Å². The summed E-state index contributed by atoms with van der Waals surface area (Å²) in [7, 11) is 0. The average Bonchev–Trinajstić information content (AvgIpc) is 2.00. The minimum Gasteiger partial charge on any atom is -0.299 e. The van der Waals surface area contributed by atoms with E-state index in [0.29, 0.717) is 6.42 Å². The van der Waals surface area contributed by atoms with Crippen LogP contribution in [0.2, 0.25) is 0 Å². The zero-order chi connectivity index (χ0) is 9.56. The van der Waals surface area contributed by atoms with E-state index in [-0.39, 0.29) is 12.2 Å². The van der Waals surface area contributed by atoms with Crippen molar-refractivity contribution in [3.63, 3.8) is 0 Å². The fraction of sp³-hybridized carbons (Fsp3) is 0.545. The van der Waals surface area contributed by atoms with E-state index in [0.717, 1.165) is 6.42 Å². The molecule has 0 unspecified atom stereocenters. The third kappa shape index (κ3) is 4.73. The zero-order valence-corrected chi connectivity index (χ0v) is 8.11. The van der Waals surface area contributed by atoms with Crippen molar-refractivity contribution < 1.29 is 4.79 Å². The van der Waals surface area contributed by atoms with Gasteiger partial charge in [-0.2, -0.15) is 0 Å². The van der Waals surface area contributed by atoms with Gasteiger partial charge in [0.05, 0.1) is 6.42 Å². The Morgan fingerprint density at radius 1 is 1.25 bits per heavy atom. The summed E-state index contributed by atoms with van der Waals surface area (Å²) in [5.74, 6) is 2.52. The Morgan fingerprint density at radius 2 is 1.83 bits per heavy atom. The molecule has 1 heteroatoms. The summed E-state index contributed by atoms with van der Waals surface area (Å²) in [5, 5.41) is 0. The Balaban J connectivity index is 3.79. The number of carbonyl (C=O) groups is 1. The van der Waals surface area contributed by atoms with Crippen LogP contribution in [0.4, 0.5) is 0 Å². The quantitative estimate of drug-likeness (QED) is 0.461. The van der Waals surface area contributed by atoms with Crippen LogP contribution >= 0.6 is 0 Å². The van der Waals surface area contributed by atoms with Crippen molar-refractivity contribution in [2.24, 2.45) is 0 Å². The van der Waals surface area contributed by atoms with Crippen LogP contribution in [0.5, 0.6) is 0 Å². The topological polar surface area (TPSA) is 17.1 Å². The minimum atomic E-state index is 0.165. The molecule has 0 fully saturated rings. The van der Waals surface area contributed by atoms with E-state index in [9.17, 15) is 4.79 Å². The fourth-order valence-electron chi connectivity index (χ4n) is 0.779. The predicted molar refractivity (Wildman–Crippen MR) is 51.7 cm³/mol. The highest BCUT2D eigenvalue weighted by Crippen LogP contribution is 2.10. The standard InChI is InChI=1S/C11H16O/c1-5-6-11(12)8-7-10(4)9(2)3/h1H,6-8H2,2-4H3. The van der Waals surface area contributed by atoms with E-state index < -0.39 is 0 Å². The second kappa shape index (κ2) is 5.60. The molecule has 0 aromatic rings. The molecule has 12 heavy (non-hydrogen) atoms. The van der Waals surface area contributed by atoms with Gasteiger partial charge >= 0.3 is 0 Å². The van der Waals surface area contributed by atoms with Crippen molar-refractivity contribution in [3.8, 4) is 12.3 Å². The predicted octanol–water partition coefficient (Wildman–Crippen LogP) is 2.72. The molecule has 1 nitrogen and oxygen atoms in total. The molecule has 0 aliphatic rings. The molecule has 66 valence electrons. The molecular weight excluding hydrogens is 148 g/mol. The first-order valence-corrected chi connectivity index (χ1v) is 4.16. The Bertz CT molecular complexity index is 224. The lowest BCUT2D eigenvalue weighted by molar-refractivity contribution is -0.118. The number of carbonyl (C=O) groups excluding carboxylic acids is 1. The second-order valence-corrected chi connectivity index (χ2v) is 3.20. The van der Waals surface area contributed by atoms with E-state index in [4.69, 9.17) is 6.42 Å². The average molecular weight is 164 g/mol. The van der Waals surface area contributed by atoms with Crippen LogP contribution in [0.1, 0.15) is 40.0 Å². The van der Waals surface area contributed by atoms with Crippen LogP contribution in [0, 0.1) is 12.3 Å². The Hall–Kier alpha value is -1.03. The Labute approximate surface area is 74.9 Å². The number of hydrogen-bond acceptors (Lipinski definition) is 1. The SMILES string of the molecule is C#CCC(=O)CCC(C)=C(C)C. The van der Waals surface area contributed by atoms with Gasteiger partial charge in [0.15, 0.2) is 0 Å². The molecular formula is C11H16O. The maximum absolute atomic E-state index is 11.0. The molecule has 0 N–H and O–H groups in total. The summed E-state index contributed by atoms with van der Waals surface area (Å²) < 4.78 is 0. The lowest BCUT2D eigenvalue weighted by atomic mass is 10.0. The number of rotatable bonds is 4. The fourth-order valence-corrected chi connectivity index (χ4v) is 0.779. The Morgan fingerprint density at radius 3 is 2.25 bits per heavy atom. The molecule has 0 spiro atoms. The van der Waals surface area contributed by atoms with Crippen LogP contribution in [0.3, 0.4) is 0 Å². The van der Waals surface area contributed by atoms with E-state index in [2.05, 4.69) is 26.7 Å². The van der Waals surface area contributed by atoms with Crippen LogP contribution < -0.4 is 0 Å². The summed E-state index contributed by atoms with van der Waals surface area (Å²) in [6.45, 7) is 6.17. The smallest absolute Gasteiger partial charge is 0.145 e. The van der Waals surface area contributed by atoms with Gasteiger partial charge in [-0.05, 0) is 27.2 Å². The minimum absolute atomic E-state index is 0.165. The van der Waals surface area contributed by atoms with Gasteiger partial charge in [-0.1, -0.05) is 17.1 Å². The molecule has 0 saturated heterocycles. The highest BCUT2D eigenvalue weighted by molar-refractivity contribution is 5.80. The van der Waals surface area contributed by atoms with Gasteiger partial charge in [0.25, 0.3) is 0 Å². The molecule has 0 heterocycles. The monoisotopic (exact) mass is 164 g/mol. The first kappa shape index (κ1) is 11.0. The molecule has 0 amide bonds. The van der Waals surface area contributed by atoms with Crippen LogP contribution in [0.15, 0.2) is 11.1 Å². The van der Waals surface area contributed by atoms with Gasteiger partial charge in [0, 0.05) is 6.42 Å². The maximum Gasteiger partial charge on any atom is 0.145 e. The third-order valence-corrected chi connectivity index (χ3v) is 1.93. The van der Waals surface area contributed by atoms with Gasteiger partial charge in [-0.25, -0.2) is 0 Å². The van der Waals surface area contributed by atoms with Crippen molar-refractivity contribution in [1.29, 1.82) is 0 Å². The normalized spacial score (nSPS) is 8.83. The van der Waals surface area contributed by atoms with Crippen molar-refractivity contribution in [2.45, 2.75) is 40.0 Å². The van der Waals surface area contributed by atoms with E-state index >= 15 is 0 Å². The highest BCUT2D eigenvalue weighted by Gasteiger charge is 2.00. The summed E-state index contributed by atoms with van der Waals surface area (Å²) >= 11 is 0. The van der Waals surface area contributed by atoms with Crippen molar-refractivity contribution in [3.05, 3.63) is 11.1 Å². The number of hydrogen-bond donors (Lipinski definition) is 0. The molecule has 0 rings (SSSR count). The van der Waals surface area contributed by atoms with Gasteiger partial charge in [0.2, 0.25) is 0 Å². The molecule has 0 bridgehead atoms. The third-order valence-electron chi connectivity index (χ3n) is 1.93. The van der Waals surface area contributed by atoms with E-state index in [1.165, 1.54) is 11.1 Å². The van der Waals surface area contributed by atoms with Crippen molar-refractivity contribution >= 4 is 5.78 Å². The lowest BCUT2D eigenvalue weighted by Gasteiger charge is -2.01. The molecule has 0 aromatic carbocycles. The molecule has 0 atom stereocenters. The van der Waals surface area contributed by atoms with Gasteiger partial charge in [0.1, 0.15) is 5.78 Å². The van der Waals surface area contributed by atoms with E-state index in [1.54, 1.807) is 0 Å². The largest absolute Gasteiger partial charge is 0.299 e. The lowest BCUT2D eigenvalue weighted by Crippen LogP contribution is -1.96. The number of allylic oxidation sites excluding steroid dienone is 2. The zero-order valence-electron chi connectivity index (χ0n) is 8.11. The second-order valence-electron chi connectivity index (χ2n) is 3.20. The number of ketones is 1. The first-order chi connectivity index (χ1) is 5.57. The molecule has 0 aliphatic heterocycles.